The van der Waals surface area contributed by atoms with Crippen LogP contribution in [0.3, 0.4) is 0 Å². The molecule has 0 aromatic heterocycles. The van der Waals surface area contributed by atoms with Crippen LogP contribution in [0.4, 0.5) is 0 Å². The van der Waals surface area contributed by atoms with Crippen molar-refractivity contribution in [3.05, 3.63) is 60.7 Å². The van der Waals surface area contributed by atoms with E-state index in [-0.39, 0.29) is 27.9 Å². The highest BCUT2D eigenvalue weighted by Gasteiger charge is 2.20. The van der Waals surface area contributed by atoms with Crippen molar-refractivity contribution in [2.45, 2.75) is 11.8 Å². The molecule has 0 aliphatic heterocycles. The minimum atomic E-state index is -4.33. The predicted octanol–water partition coefficient (Wildman–Crippen LogP) is 3.36. The Kier molecular flexibility index (Phi) is 4.63. The largest absolute Gasteiger partial charge is 0.316 e. The van der Waals surface area contributed by atoms with Crippen LogP contribution in [0.25, 0.3) is 27.1 Å². The van der Waals surface area contributed by atoms with Crippen molar-refractivity contribution >= 4 is 60.3 Å². The molecule has 0 saturated heterocycles. The second-order valence-corrected chi connectivity index (χ2v) is 6.44. The van der Waals surface area contributed by atoms with E-state index in [4.69, 9.17) is 0 Å². The fourth-order valence-electron chi connectivity index (χ4n) is 2.67. The highest BCUT2D eigenvalue weighted by Crippen LogP contribution is 2.34. The summed E-state index contributed by atoms with van der Waals surface area (Å²) in [7, 11) is -4.33. The molecule has 0 bridgehead atoms. The Hall–Kier alpha value is -1.40. The quantitative estimate of drug-likeness (QED) is 0.447. The average molecular weight is 325 g/mol. The Bertz CT molecular complexity index is 991. The van der Waals surface area contributed by atoms with Crippen molar-refractivity contribution in [3.63, 3.8) is 0 Å². The van der Waals surface area contributed by atoms with Crippen LogP contribution in [-0.2, 0) is 10.1 Å². The maximum atomic E-state index is 11.8. The van der Waals surface area contributed by atoms with E-state index in [1.165, 1.54) is 0 Å². The van der Waals surface area contributed by atoms with Crippen molar-refractivity contribution < 1.29 is 13.0 Å². The van der Waals surface area contributed by atoms with Gasteiger partial charge in [-0.15, -0.1) is 0 Å². The summed E-state index contributed by atoms with van der Waals surface area (Å²) >= 11 is 0. The molecule has 0 aliphatic carbocycles. The molecule has 3 aromatic carbocycles. The van der Waals surface area contributed by atoms with Crippen LogP contribution in [0.2, 0.25) is 0 Å². The zero-order valence-corrected chi connectivity index (χ0v) is 12.3. The second kappa shape index (κ2) is 6.00. The summed E-state index contributed by atoms with van der Waals surface area (Å²) in [6.07, 6.45) is 0. The summed E-state index contributed by atoms with van der Waals surface area (Å²) in [6, 6.07) is 14.9. The zero-order chi connectivity index (χ0) is 15.2. The molecule has 0 fully saturated rings. The van der Waals surface area contributed by atoms with Crippen molar-refractivity contribution in [2.24, 2.45) is 0 Å². The van der Waals surface area contributed by atoms with E-state index in [1.807, 2.05) is 36.4 Å². The Morgan fingerprint density at radius 1 is 0.955 bits per heavy atom. The molecular formula is C17H16MgO3S. The molecular weight excluding hydrogens is 309 g/mol. The van der Waals surface area contributed by atoms with E-state index < -0.39 is 10.1 Å². The lowest BCUT2D eigenvalue weighted by Crippen LogP contribution is -2.03. The highest BCUT2D eigenvalue weighted by atomic mass is 32.2. The third kappa shape index (κ3) is 2.77. The van der Waals surface area contributed by atoms with E-state index in [0.29, 0.717) is 16.5 Å². The summed E-state index contributed by atoms with van der Waals surface area (Å²) in [6.45, 7) is 5.51. The molecule has 0 heterocycles. The first kappa shape index (κ1) is 17.0. The van der Waals surface area contributed by atoms with E-state index in [0.717, 1.165) is 16.2 Å². The number of allylic oxidation sites excluding steroid dienone is 1. The summed E-state index contributed by atoms with van der Waals surface area (Å²) in [5.74, 6) is 0. The molecule has 0 saturated carbocycles. The molecule has 110 valence electrons. The van der Waals surface area contributed by atoms with Crippen molar-refractivity contribution in [1.82, 2.24) is 0 Å². The van der Waals surface area contributed by atoms with Gasteiger partial charge in [0.1, 0.15) is 4.90 Å². The molecule has 0 atom stereocenters. The molecule has 5 heteroatoms. The fourth-order valence-corrected chi connectivity index (χ4v) is 3.65. The minimum Gasteiger partial charge on any atom is -0.282 e. The zero-order valence-electron chi connectivity index (χ0n) is 11.5. The van der Waals surface area contributed by atoms with Crippen LogP contribution in [0, 0.1) is 0 Å². The normalized spacial score (nSPS) is 11.4. The first-order chi connectivity index (χ1) is 9.89. The lowest BCUT2D eigenvalue weighted by Gasteiger charge is -2.12. The Morgan fingerprint density at radius 3 is 2.23 bits per heavy atom. The third-order valence-corrected chi connectivity index (χ3v) is 4.55. The van der Waals surface area contributed by atoms with Gasteiger partial charge in [-0.1, -0.05) is 55.1 Å². The fraction of sp³-hybridized carbons (Fsp3) is 0.0588. The highest BCUT2D eigenvalue weighted by molar-refractivity contribution is 7.86. The first-order valence-corrected chi connectivity index (χ1v) is 7.91. The second-order valence-electron chi connectivity index (χ2n) is 5.08. The van der Waals surface area contributed by atoms with Crippen LogP contribution in [0.1, 0.15) is 12.5 Å². The number of hydrogen-bond acceptors (Lipinski definition) is 2. The van der Waals surface area contributed by atoms with Gasteiger partial charge >= 0.3 is 23.1 Å². The van der Waals surface area contributed by atoms with Crippen LogP contribution in [0.5, 0.6) is 0 Å². The van der Waals surface area contributed by atoms with Crippen LogP contribution in [-0.4, -0.2) is 36.0 Å². The number of hydrogen-bond donors (Lipinski definition) is 1. The van der Waals surface area contributed by atoms with Gasteiger partial charge in [0.15, 0.2) is 0 Å². The molecule has 3 rings (SSSR count). The van der Waals surface area contributed by atoms with Crippen LogP contribution < -0.4 is 0 Å². The van der Waals surface area contributed by atoms with Gasteiger partial charge in [0.05, 0.1) is 0 Å². The van der Waals surface area contributed by atoms with Gasteiger partial charge in [-0.2, -0.15) is 8.42 Å². The average Bonchev–Trinajstić information content (AvgIpc) is 2.44. The molecule has 0 radical (unpaired) electrons. The van der Waals surface area contributed by atoms with Gasteiger partial charge in [-0.25, -0.2) is 0 Å². The standard InChI is InChI=1S/C17H14O3S.Mg.2H/c1-11(2)13-9-10-15-14-6-4-3-5-12(14)7-8-16(15)17(13)21(18,19)20;;;/h3-10H,1H2,2H3,(H,18,19,20);;;. The number of fused-ring (bicyclic) bond motifs is 3. The van der Waals surface area contributed by atoms with E-state index in [9.17, 15) is 13.0 Å². The lowest BCUT2D eigenvalue weighted by atomic mass is 9.98. The summed E-state index contributed by atoms with van der Waals surface area (Å²) < 4.78 is 33.3. The molecule has 3 nitrogen and oxygen atoms in total. The molecule has 1 N–H and O–H groups in total. The molecule has 22 heavy (non-hydrogen) atoms. The molecule has 0 spiro atoms. The van der Waals surface area contributed by atoms with E-state index >= 15 is 0 Å². The van der Waals surface area contributed by atoms with Gasteiger partial charge in [-0.05, 0) is 34.2 Å². The minimum absolute atomic E-state index is 0. The van der Waals surface area contributed by atoms with Crippen LogP contribution >= 0.6 is 0 Å². The SMILES string of the molecule is C=C(C)c1ccc2c(ccc3ccccc32)c1S(=O)(=O)O.[MgH2]. The van der Waals surface area contributed by atoms with Gasteiger partial charge in [0, 0.05) is 5.39 Å². The molecule has 0 aliphatic rings. The van der Waals surface area contributed by atoms with Gasteiger partial charge < -0.3 is 0 Å². The molecule has 3 aromatic rings. The van der Waals surface area contributed by atoms with Crippen molar-refractivity contribution in [2.75, 3.05) is 0 Å². The third-order valence-electron chi connectivity index (χ3n) is 3.59. The maximum Gasteiger partial charge on any atom is 0.316 e. The number of rotatable bonds is 2. The van der Waals surface area contributed by atoms with Gasteiger partial charge in [0.2, 0.25) is 0 Å². The topological polar surface area (TPSA) is 54.4 Å². The lowest BCUT2D eigenvalue weighted by molar-refractivity contribution is 0.484. The number of benzene rings is 3. The summed E-state index contributed by atoms with van der Waals surface area (Å²) in [5, 5.41) is 3.28. The summed E-state index contributed by atoms with van der Waals surface area (Å²) in [4.78, 5) is -0.0711. The van der Waals surface area contributed by atoms with Crippen LogP contribution in [0.15, 0.2) is 60.0 Å². The maximum absolute atomic E-state index is 11.8. The smallest absolute Gasteiger partial charge is 0.282 e. The monoisotopic (exact) mass is 324 g/mol. The Morgan fingerprint density at radius 2 is 1.59 bits per heavy atom. The molecule has 0 unspecified atom stereocenters. The Balaban J connectivity index is 0.00000176. The van der Waals surface area contributed by atoms with Gasteiger partial charge in [0.25, 0.3) is 10.1 Å². The van der Waals surface area contributed by atoms with Crippen molar-refractivity contribution in [1.29, 1.82) is 0 Å². The van der Waals surface area contributed by atoms with Crippen molar-refractivity contribution in [3.8, 4) is 0 Å². The summed E-state index contributed by atoms with van der Waals surface area (Å²) in [5.41, 5.74) is 1.04. The first-order valence-electron chi connectivity index (χ1n) is 6.47. The van der Waals surface area contributed by atoms with Gasteiger partial charge in [-0.3, -0.25) is 4.55 Å². The van der Waals surface area contributed by atoms with E-state index in [1.54, 1.807) is 19.1 Å². The van der Waals surface area contributed by atoms with E-state index in [2.05, 4.69) is 6.58 Å². The molecule has 0 amide bonds. The Labute approximate surface area is 145 Å². The predicted molar refractivity (Wildman–Crippen MR) is 94.5 cm³/mol.